The van der Waals surface area contributed by atoms with Crippen LogP contribution < -0.4 is 10.0 Å². The van der Waals surface area contributed by atoms with E-state index in [-0.39, 0.29) is 15.7 Å². The van der Waals surface area contributed by atoms with Gasteiger partial charge in [0.1, 0.15) is 0 Å². The van der Waals surface area contributed by atoms with Crippen molar-refractivity contribution in [2.24, 2.45) is 0 Å². The molecule has 0 aliphatic heterocycles. The van der Waals surface area contributed by atoms with Gasteiger partial charge in [0.05, 0.1) is 32.1 Å². The third-order valence-corrected chi connectivity index (χ3v) is 5.65. The second-order valence-corrected chi connectivity index (χ2v) is 8.13. The van der Waals surface area contributed by atoms with Gasteiger partial charge in [-0.2, -0.15) is 13.2 Å². The van der Waals surface area contributed by atoms with Crippen molar-refractivity contribution >= 4 is 56.4 Å². The van der Waals surface area contributed by atoms with Crippen LogP contribution in [-0.4, -0.2) is 20.9 Å². The molecule has 0 atom stereocenters. The molecule has 0 aliphatic rings. The van der Waals surface area contributed by atoms with E-state index in [0.717, 1.165) is 12.1 Å². The van der Waals surface area contributed by atoms with Crippen LogP contribution in [0.1, 0.15) is 5.56 Å². The number of halogens is 6. The molecule has 0 bridgehead atoms. The summed E-state index contributed by atoms with van der Waals surface area (Å²) in [5, 5.41) is 2.17. The predicted molar refractivity (Wildman–Crippen MR) is 96.7 cm³/mol. The molecule has 2 rings (SSSR count). The van der Waals surface area contributed by atoms with Crippen LogP contribution >= 0.6 is 34.8 Å². The molecule has 12 heteroatoms. The van der Waals surface area contributed by atoms with Crippen molar-refractivity contribution in [1.82, 2.24) is 4.72 Å². The Morgan fingerprint density at radius 2 is 1.59 bits per heavy atom. The SMILES string of the molecule is O=C(CNS(=O)(=O)c1ccc(Cl)c(C(F)(F)F)c1)Nc1ccc(Cl)c(Cl)c1. The van der Waals surface area contributed by atoms with Crippen molar-refractivity contribution < 1.29 is 26.4 Å². The monoisotopic (exact) mass is 460 g/mol. The number of rotatable bonds is 5. The van der Waals surface area contributed by atoms with E-state index in [4.69, 9.17) is 34.8 Å². The summed E-state index contributed by atoms with van der Waals surface area (Å²) >= 11 is 17.0. The molecule has 0 saturated carbocycles. The normalized spacial score (nSPS) is 12.1. The smallest absolute Gasteiger partial charge is 0.325 e. The van der Waals surface area contributed by atoms with Gasteiger partial charge in [-0.3, -0.25) is 4.79 Å². The molecule has 2 aromatic rings. The second-order valence-electron chi connectivity index (χ2n) is 5.14. The molecule has 27 heavy (non-hydrogen) atoms. The summed E-state index contributed by atoms with van der Waals surface area (Å²) < 4.78 is 64.7. The minimum absolute atomic E-state index is 0.177. The largest absolute Gasteiger partial charge is 0.417 e. The first kappa shape index (κ1) is 21.8. The first-order chi connectivity index (χ1) is 12.4. The lowest BCUT2D eigenvalue weighted by molar-refractivity contribution is -0.137. The van der Waals surface area contributed by atoms with Crippen LogP contribution in [-0.2, 0) is 21.0 Å². The highest BCUT2D eigenvalue weighted by atomic mass is 35.5. The number of benzene rings is 2. The van der Waals surface area contributed by atoms with E-state index in [1.54, 1.807) is 0 Å². The molecule has 2 N–H and O–H groups in total. The molecule has 146 valence electrons. The number of anilines is 1. The third kappa shape index (κ3) is 5.73. The van der Waals surface area contributed by atoms with E-state index in [1.807, 2.05) is 4.72 Å². The zero-order valence-electron chi connectivity index (χ0n) is 13.1. The molecule has 5 nitrogen and oxygen atoms in total. The summed E-state index contributed by atoms with van der Waals surface area (Å²) in [6.07, 6.45) is -4.83. The van der Waals surface area contributed by atoms with E-state index < -0.39 is 44.1 Å². The Labute approximate surface area is 167 Å². The van der Waals surface area contributed by atoms with Gasteiger partial charge in [-0.15, -0.1) is 0 Å². The zero-order valence-corrected chi connectivity index (χ0v) is 16.2. The topological polar surface area (TPSA) is 75.3 Å². The van der Waals surface area contributed by atoms with Gasteiger partial charge in [-0.1, -0.05) is 34.8 Å². The predicted octanol–water partition coefficient (Wildman–Crippen LogP) is 4.58. The quantitative estimate of drug-likeness (QED) is 0.684. The number of sulfonamides is 1. The van der Waals surface area contributed by atoms with E-state index in [9.17, 15) is 26.4 Å². The highest BCUT2D eigenvalue weighted by Gasteiger charge is 2.34. The maximum atomic E-state index is 12.9. The zero-order chi connectivity index (χ0) is 20.4. The van der Waals surface area contributed by atoms with Crippen LogP contribution in [0.3, 0.4) is 0 Å². The molecule has 0 aromatic heterocycles. The van der Waals surface area contributed by atoms with Crippen LogP contribution in [0, 0.1) is 0 Å². The summed E-state index contributed by atoms with van der Waals surface area (Å²) in [4.78, 5) is 11.2. The summed E-state index contributed by atoms with van der Waals surface area (Å²) in [5.74, 6) is -0.762. The lowest BCUT2D eigenvalue weighted by Crippen LogP contribution is -2.33. The fourth-order valence-corrected chi connectivity index (χ4v) is 3.44. The van der Waals surface area contributed by atoms with E-state index >= 15 is 0 Å². The highest BCUT2D eigenvalue weighted by Crippen LogP contribution is 2.35. The molecule has 1 amide bonds. The van der Waals surface area contributed by atoms with Crippen molar-refractivity contribution in [3.8, 4) is 0 Å². The summed E-state index contributed by atoms with van der Waals surface area (Å²) in [6.45, 7) is -0.716. The van der Waals surface area contributed by atoms with Crippen LogP contribution in [0.4, 0.5) is 18.9 Å². The van der Waals surface area contributed by atoms with Gasteiger partial charge in [0.15, 0.2) is 0 Å². The Morgan fingerprint density at radius 3 is 2.19 bits per heavy atom. The van der Waals surface area contributed by atoms with Crippen LogP contribution in [0.25, 0.3) is 0 Å². The minimum Gasteiger partial charge on any atom is -0.325 e. The van der Waals surface area contributed by atoms with Gasteiger partial charge in [0, 0.05) is 5.69 Å². The number of carbonyl (C=O) groups is 1. The molecule has 0 radical (unpaired) electrons. The van der Waals surface area contributed by atoms with E-state index in [0.29, 0.717) is 6.07 Å². The first-order valence-corrected chi connectivity index (χ1v) is 9.63. The van der Waals surface area contributed by atoms with Crippen LogP contribution in [0.2, 0.25) is 15.1 Å². The number of carbonyl (C=O) groups excluding carboxylic acids is 1. The maximum Gasteiger partial charge on any atom is 0.417 e. The Bertz CT molecular complexity index is 982. The number of hydrogen-bond donors (Lipinski definition) is 2. The van der Waals surface area contributed by atoms with Crippen LogP contribution in [0.5, 0.6) is 0 Å². The number of hydrogen-bond acceptors (Lipinski definition) is 3. The molecule has 0 unspecified atom stereocenters. The standard InChI is InChI=1S/C15H10Cl3F3N2O3S/c16-11-4-2-9(6-10(11)15(19,20)21)27(25,26)22-7-14(24)23-8-1-3-12(17)13(18)5-8/h1-6,22H,7H2,(H,23,24). The Kier molecular flexibility index (Phi) is 6.64. The average molecular weight is 462 g/mol. The van der Waals surface area contributed by atoms with Crippen molar-refractivity contribution in [3.05, 3.63) is 57.0 Å². The van der Waals surface area contributed by atoms with Crippen molar-refractivity contribution in [2.75, 3.05) is 11.9 Å². The van der Waals surface area contributed by atoms with Gasteiger partial charge in [0.2, 0.25) is 15.9 Å². The Hall–Kier alpha value is -1.52. The number of alkyl halides is 3. The van der Waals surface area contributed by atoms with Crippen LogP contribution in [0.15, 0.2) is 41.3 Å². The first-order valence-electron chi connectivity index (χ1n) is 7.01. The molecule has 0 spiro atoms. The summed E-state index contributed by atoms with van der Waals surface area (Å²) in [5.41, 5.74) is -1.04. The highest BCUT2D eigenvalue weighted by molar-refractivity contribution is 7.89. The Balaban J connectivity index is 2.10. The lowest BCUT2D eigenvalue weighted by atomic mass is 10.2. The van der Waals surface area contributed by atoms with Gasteiger partial charge in [0.25, 0.3) is 0 Å². The van der Waals surface area contributed by atoms with Crippen molar-refractivity contribution in [3.63, 3.8) is 0 Å². The average Bonchev–Trinajstić information content (AvgIpc) is 2.55. The Morgan fingerprint density at radius 1 is 0.963 bits per heavy atom. The fourth-order valence-electron chi connectivity index (χ4n) is 1.91. The van der Waals surface area contributed by atoms with E-state index in [1.165, 1.54) is 18.2 Å². The molecule has 0 heterocycles. The van der Waals surface area contributed by atoms with Gasteiger partial charge < -0.3 is 5.32 Å². The number of nitrogens with one attached hydrogen (secondary N) is 2. The van der Waals surface area contributed by atoms with E-state index in [2.05, 4.69) is 5.32 Å². The molecule has 0 saturated heterocycles. The number of amides is 1. The summed E-state index contributed by atoms with van der Waals surface area (Å²) in [7, 11) is -4.38. The molecule has 2 aromatic carbocycles. The molecule has 0 fully saturated rings. The fraction of sp³-hybridized carbons (Fsp3) is 0.133. The van der Waals surface area contributed by atoms with Crippen molar-refractivity contribution in [1.29, 1.82) is 0 Å². The minimum atomic E-state index is -4.83. The molecular weight excluding hydrogens is 452 g/mol. The second kappa shape index (κ2) is 8.24. The summed E-state index contributed by atoms with van der Waals surface area (Å²) in [6, 6.07) is 6.32. The van der Waals surface area contributed by atoms with Crippen molar-refractivity contribution in [2.45, 2.75) is 11.1 Å². The third-order valence-electron chi connectivity index (χ3n) is 3.18. The van der Waals surface area contributed by atoms with Gasteiger partial charge in [-0.25, -0.2) is 13.1 Å². The molecular formula is C15H10Cl3F3N2O3S. The molecule has 0 aliphatic carbocycles. The lowest BCUT2D eigenvalue weighted by Gasteiger charge is -2.12. The van der Waals surface area contributed by atoms with Gasteiger partial charge >= 0.3 is 6.18 Å². The van der Waals surface area contributed by atoms with Gasteiger partial charge in [-0.05, 0) is 36.4 Å². The maximum absolute atomic E-state index is 12.9.